The number of hydrogen-bond donors (Lipinski definition) is 0. The Kier molecular flexibility index (Phi) is 19.0. The third-order valence-corrected chi connectivity index (χ3v) is 1.20. The Morgan fingerprint density at radius 2 is 0.632 bits per heavy atom. The second kappa shape index (κ2) is 12.8. The van der Waals surface area contributed by atoms with Gasteiger partial charge in [-0.05, 0) is 0 Å². The van der Waals surface area contributed by atoms with Gasteiger partial charge in [-0.25, -0.2) is 38.4 Å². The SMILES string of the molecule is O=S(=O)([O-])CF.O=S(=O)([O-])CF.O=S(=O)([O-])CF.[Yb+3]. The molecule has 0 fully saturated rings. The topological polar surface area (TPSA) is 172 Å². The van der Waals surface area contributed by atoms with Crippen molar-refractivity contribution < 1.29 is 99.0 Å². The van der Waals surface area contributed by atoms with E-state index in [1.54, 1.807) is 0 Å². The summed E-state index contributed by atoms with van der Waals surface area (Å²) in [5.41, 5.74) is 0. The third-order valence-electron chi connectivity index (χ3n) is 0.401. The van der Waals surface area contributed by atoms with Crippen molar-refractivity contribution in [1.29, 1.82) is 0 Å². The Balaban J connectivity index is -0.0000000865. The molecule has 0 aromatic rings. The zero-order chi connectivity index (χ0) is 15.6. The predicted molar refractivity (Wildman–Crippen MR) is 47.0 cm³/mol. The van der Waals surface area contributed by atoms with Crippen LogP contribution in [0.15, 0.2) is 0 Å². The van der Waals surface area contributed by atoms with Crippen molar-refractivity contribution in [3.63, 3.8) is 0 Å². The molecule has 16 heteroatoms. The van der Waals surface area contributed by atoms with Crippen LogP contribution in [0, 0.1) is 46.9 Å². The van der Waals surface area contributed by atoms with E-state index < -0.39 is 48.4 Å². The molecule has 0 heterocycles. The predicted octanol–water partition coefficient (Wildman–Crippen LogP) is -1.62. The van der Waals surface area contributed by atoms with E-state index in [0.29, 0.717) is 0 Å². The van der Waals surface area contributed by atoms with Crippen molar-refractivity contribution in [2.24, 2.45) is 0 Å². The summed E-state index contributed by atoms with van der Waals surface area (Å²) in [5.74, 6) is 0. The number of hydrogen-bond acceptors (Lipinski definition) is 9. The van der Waals surface area contributed by atoms with Gasteiger partial charge in [0.25, 0.3) is 0 Å². The van der Waals surface area contributed by atoms with E-state index >= 15 is 0 Å². The monoisotopic (exact) mass is 513 g/mol. The van der Waals surface area contributed by atoms with Crippen LogP contribution in [-0.2, 0) is 30.4 Å². The first-order valence-corrected chi connectivity index (χ1v) is 7.90. The number of halogens is 3. The van der Waals surface area contributed by atoms with Crippen LogP contribution in [0.1, 0.15) is 0 Å². The standard InChI is InChI=1S/3CH3FO3S.Yb/c3*2-1-6(3,4)5;/h3*1H2,(H,3,4,5);/q;;;+3/p-3. The van der Waals surface area contributed by atoms with Crippen LogP contribution >= 0.6 is 0 Å². The van der Waals surface area contributed by atoms with Gasteiger partial charge in [0.05, 0.1) is 0 Å². The smallest absolute Gasteiger partial charge is 0.746 e. The average Bonchev–Trinajstić information content (AvgIpc) is 2.16. The zero-order valence-electron chi connectivity index (χ0n) is 8.42. The van der Waals surface area contributed by atoms with E-state index in [1.165, 1.54) is 0 Å². The molecule has 0 bridgehead atoms. The zero-order valence-corrected chi connectivity index (χ0v) is 12.6. The fourth-order valence-corrected chi connectivity index (χ4v) is 0. The summed E-state index contributed by atoms with van der Waals surface area (Å²) in [6.07, 6.45) is 0. The molecule has 0 aromatic heterocycles. The molecule has 0 saturated carbocycles. The second-order valence-corrected chi connectivity index (χ2v) is 6.00. The molecular formula is C3H6F3O9S3Yb. The maximum atomic E-state index is 10.6. The molecule has 0 aromatic carbocycles. The van der Waals surface area contributed by atoms with E-state index in [9.17, 15) is 13.2 Å². The largest absolute Gasteiger partial charge is 3.00 e. The summed E-state index contributed by atoms with van der Waals surface area (Å²) >= 11 is 0. The molecule has 1 radical (unpaired) electrons. The van der Waals surface area contributed by atoms with Crippen LogP contribution in [0.5, 0.6) is 0 Å². The summed E-state index contributed by atoms with van der Waals surface area (Å²) in [5, 5.41) is 0. The Morgan fingerprint density at radius 1 is 0.579 bits per heavy atom. The minimum absolute atomic E-state index is 0. The van der Waals surface area contributed by atoms with Gasteiger partial charge in [-0.15, -0.1) is 0 Å². The first kappa shape index (κ1) is 28.2. The molecule has 0 aliphatic rings. The van der Waals surface area contributed by atoms with Crippen LogP contribution in [0.4, 0.5) is 13.2 Å². The van der Waals surface area contributed by atoms with E-state index in [0.717, 1.165) is 0 Å². The van der Waals surface area contributed by atoms with Gasteiger partial charge in [0.15, 0.2) is 18.0 Å². The van der Waals surface area contributed by atoms with Gasteiger partial charge in [-0.3, -0.25) is 0 Å². The van der Waals surface area contributed by atoms with E-state index in [2.05, 4.69) is 0 Å². The van der Waals surface area contributed by atoms with Crippen molar-refractivity contribution in [2.75, 3.05) is 18.0 Å². The summed E-state index contributed by atoms with van der Waals surface area (Å²) in [6.45, 7) is 0. The van der Waals surface area contributed by atoms with Gasteiger partial charge < -0.3 is 13.7 Å². The average molecular weight is 512 g/mol. The minimum Gasteiger partial charge on any atom is -0.746 e. The maximum Gasteiger partial charge on any atom is 3.00 e. The van der Waals surface area contributed by atoms with E-state index in [-0.39, 0.29) is 46.9 Å². The molecule has 0 N–H and O–H groups in total. The van der Waals surface area contributed by atoms with Gasteiger partial charge in [-0.1, -0.05) is 0 Å². The molecule has 125 valence electrons. The summed E-state index contributed by atoms with van der Waals surface area (Å²) in [4.78, 5) is 0. The van der Waals surface area contributed by atoms with Gasteiger partial charge in [0, 0.05) is 0 Å². The van der Waals surface area contributed by atoms with Gasteiger partial charge in [-0.2, -0.15) is 0 Å². The van der Waals surface area contributed by atoms with Crippen molar-refractivity contribution in [2.45, 2.75) is 0 Å². The Bertz CT molecular complexity index is 420. The molecule has 0 aliphatic carbocycles. The van der Waals surface area contributed by atoms with Crippen LogP contribution in [-0.4, -0.2) is 56.9 Å². The maximum absolute atomic E-state index is 10.6. The first-order valence-electron chi connectivity index (χ1n) is 3.17. The molecule has 0 unspecified atom stereocenters. The normalized spacial score (nSPS) is 11.1. The Labute approximate surface area is 146 Å². The molecule has 0 rings (SSSR count). The summed E-state index contributed by atoms with van der Waals surface area (Å²) < 4.78 is 113. The van der Waals surface area contributed by atoms with E-state index in [1.807, 2.05) is 0 Å². The Morgan fingerprint density at radius 3 is 0.632 bits per heavy atom. The van der Waals surface area contributed by atoms with Gasteiger partial charge in [0.2, 0.25) is 0 Å². The quantitative estimate of drug-likeness (QED) is 0.403. The van der Waals surface area contributed by atoms with Crippen molar-refractivity contribution in [3.05, 3.63) is 0 Å². The first-order chi connectivity index (χ1) is 7.68. The molecule has 19 heavy (non-hydrogen) atoms. The molecule has 0 saturated heterocycles. The number of alkyl halides is 3. The molecular weight excluding hydrogens is 506 g/mol. The Hall–Kier alpha value is 1.04. The second-order valence-electron chi connectivity index (χ2n) is 2.00. The minimum atomic E-state index is -4.58. The van der Waals surface area contributed by atoms with E-state index in [4.69, 9.17) is 38.9 Å². The summed E-state index contributed by atoms with van der Waals surface area (Å²) in [7, 11) is -13.7. The van der Waals surface area contributed by atoms with Crippen LogP contribution < -0.4 is 0 Å². The molecule has 9 nitrogen and oxygen atoms in total. The molecule has 0 aliphatic heterocycles. The molecule has 0 atom stereocenters. The van der Waals surface area contributed by atoms with Crippen molar-refractivity contribution in [3.8, 4) is 0 Å². The number of rotatable bonds is 3. The molecule has 0 amide bonds. The van der Waals surface area contributed by atoms with Gasteiger partial charge >= 0.3 is 46.9 Å². The molecule has 0 spiro atoms. The summed E-state index contributed by atoms with van der Waals surface area (Å²) in [6, 6.07) is -5.44. The van der Waals surface area contributed by atoms with Crippen molar-refractivity contribution >= 4 is 30.4 Å². The fraction of sp³-hybridized carbons (Fsp3) is 1.00. The van der Waals surface area contributed by atoms with Crippen LogP contribution in [0.25, 0.3) is 0 Å². The van der Waals surface area contributed by atoms with Gasteiger partial charge in [0.1, 0.15) is 30.4 Å². The van der Waals surface area contributed by atoms with Crippen LogP contribution in [0.3, 0.4) is 0 Å². The van der Waals surface area contributed by atoms with Crippen molar-refractivity contribution in [1.82, 2.24) is 0 Å². The fourth-order valence-electron chi connectivity index (χ4n) is 0. The van der Waals surface area contributed by atoms with Crippen LogP contribution in [0.2, 0.25) is 0 Å². The third kappa shape index (κ3) is 54.8.